The third-order valence-electron chi connectivity index (χ3n) is 4.00. The van der Waals surface area contributed by atoms with E-state index in [2.05, 4.69) is 24.1 Å². The van der Waals surface area contributed by atoms with Crippen LogP contribution in [0.1, 0.15) is 46.0 Å². The first-order valence-electron chi connectivity index (χ1n) is 6.77. The maximum Gasteiger partial charge on any atom is 0.0192 e. The lowest BCUT2D eigenvalue weighted by atomic mass is 10.1. The molecule has 0 amide bonds. The quantitative estimate of drug-likeness (QED) is 0.765. The zero-order chi connectivity index (χ0) is 10.7. The smallest absolute Gasteiger partial charge is 0.0192 e. The van der Waals surface area contributed by atoms with E-state index >= 15 is 0 Å². The molecular weight excluding hydrogens is 184 g/mol. The first kappa shape index (κ1) is 11.4. The van der Waals surface area contributed by atoms with E-state index in [1.54, 1.807) is 0 Å². The number of nitrogens with one attached hydrogen (secondary N) is 1. The van der Waals surface area contributed by atoms with Crippen molar-refractivity contribution in [2.45, 2.75) is 58.0 Å². The van der Waals surface area contributed by atoms with Gasteiger partial charge >= 0.3 is 0 Å². The van der Waals surface area contributed by atoms with Crippen LogP contribution < -0.4 is 5.32 Å². The van der Waals surface area contributed by atoms with E-state index in [9.17, 15) is 0 Å². The molecular formula is C13H26N2. The van der Waals surface area contributed by atoms with Gasteiger partial charge in [0.15, 0.2) is 0 Å². The van der Waals surface area contributed by atoms with Gasteiger partial charge in [-0.3, -0.25) is 4.90 Å². The van der Waals surface area contributed by atoms with Crippen molar-refractivity contribution in [3.8, 4) is 0 Å². The van der Waals surface area contributed by atoms with Crippen LogP contribution in [0.15, 0.2) is 0 Å². The van der Waals surface area contributed by atoms with Crippen LogP contribution in [0.4, 0.5) is 0 Å². The molecule has 88 valence electrons. The first-order chi connectivity index (χ1) is 7.29. The minimum atomic E-state index is 0.731. The molecule has 2 aliphatic rings. The predicted molar refractivity (Wildman–Crippen MR) is 65.1 cm³/mol. The molecule has 0 bridgehead atoms. The molecule has 0 aromatic heterocycles. The standard InChI is InChI=1S/C13H26N2/c1-3-13-10-15(8-4-7-14-13)11(2)9-12-5-6-12/h11-14H,3-10H2,1-2H3. The molecule has 1 aliphatic carbocycles. The number of hydrogen-bond donors (Lipinski definition) is 1. The Morgan fingerprint density at radius 1 is 1.40 bits per heavy atom. The van der Waals surface area contributed by atoms with E-state index in [0.717, 1.165) is 18.0 Å². The van der Waals surface area contributed by atoms with E-state index < -0.39 is 0 Å². The van der Waals surface area contributed by atoms with E-state index in [4.69, 9.17) is 0 Å². The minimum Gasteiger partial charge on any atom is -0.313 e. The lowest BCUT2D eigenvalue weighted by Gasteiger charge is -2.30. The highest BCUT2D eigenvalue weighted by Crippen LogP contribution is 2.34. The largest absolute Gasteiger partial charge is 0.313 e. The molecule has 2 nitrogen and oxygen atoms in total. The molecule has 0 aromatic carbocycles. The van der Waals surface area contributed by atoms with Gasteiger partial charge < -0.3 is 5.32 Å². The fourth-order valence-corrected chi connectivity index (χ4v) is 2.69. The molecule has 2 heteroatoms. The normalized spacial score (nSPS) is 31.2. The van der Waals surface area contributed by atoms with Crippen LogP contribution in [0, 0.1) is 5.92 Å². The van der Waals surface area contributed by atoms with Gasteiger partial charge in [-0.25, -0.2) is 0 Å². The van der Waals surface area contributed by atoms with Crippen LogP contribution in [-0.2, 0) is 0 Å². The van der Waals surface area contributed by atoms with Crippen molar-refractivity contribution in [1.82, 2.24) is 10.2 Å². The van der Waals surface area contributed by atoms with Crippen LogP contribution in [0.25, 0.3) is 0 Å². The van der Waals surface area contributed by atoms with Crippen molar-refractivity contribution >= 4 is 0 Å². The van der Waals surface area contributed by atoms with Gasteiger partial charge in [0.2, 0.25) is 0 Å². The summed E-state index contributed by atoms with van der Waals surface area (Å²) in [5.74, 6) is 1.07. The van der Waals surface area contributed by atoms with E-state index in [1.807, 2.05) is 0 Å². The number of nitrogens with zero attached hydrogens (tertiary/aromatic N) is 1. The second-order valence-electron chi connectivity index (χ2n) is 5.44. The van der Waals surface area contributed by atoms with Crippen molar-refractivity contribution in [1.29, 1.82) is 0 Å². The summed E-state index contributed by atoms with van der Waals surface area (Å²) in [6, 6.07) is 1.54. The monoisotopic (exact) mass is 210 g/mol. The van der Waals surface area contributed by atoms with Crippen molar-refractivity contribution in [3.63, 3.8) is 0 Å². The summed E-state index contributed by atoms with van der Waals surface area (Å²) in [6.45, 7) is 8.51. The first-order valence-corrected chi connectivity index (χ1v) is 6.77. The number of rotatable bonds is 4. The Morgan fingerprint density at radius 3 is 2.87 bits per heavy atom. The van der Waals surface area contributed by atoms with Crippen LogP contribution in [0.5, 0.6) is 0 Å². The van der Waals surface area contributed by atoms with E-state index in [0.29, 0.717) is 0 Å². The van der Waals surface area contributed by atoms with Gasteiger partial charge in [0.25, 0.3) is 0 Å². The fraction of sp³-hybridized carbons (Fsp3) is 1.00. The summed E-state index contributed by atoms with van der Waals surface area (Å²) >= 11 is 0. The van der Waals surface area contributed by atoms with Crippen LogP contribution in [-0.4, -0.2) is 36.6 Å². The molecule has 1 aliphatic heterocycles. The maximum absolute atomic E-state index is 3.64. The minimum absolute atomic E-state index is 0.731. The van der Waals surface area contributed by atoms with Gasteiger partial charge in [-0.05, 0) is 45.2 Å². The highest BCUT2D eigenvalue weighted by atomic mass is 15.2. The maximum atomic E-state index is 3.64. The number of hydrogen-bond acceptors (Lipinski definition) is 2. The Balaban J connectivity index is 1.81. The third-order valence-corrected chi connectivity index (χ3v) is 4.00. The second-order valence-corrected chi connectivity index (χ2v) is 5.44. The van der Waals surface area contributed by atoms with E-state index in [1.165, 1.54) is 51.7 Å². The molecule has 0 radical (unpaired) electrons. The highest BCUT2D eigenvalue weighted by molar-refractivity contribution is 4.83. The van der Waals surface area contributed by atoms with Crippen molar-refractivity contribution in [2.75, 3.05) is 19.6 Å². The summed E-state index contributed by atoms with van der Waals surface area (Å²) in [5, 5.41) is 3.64. The zero-order valence-corrected chi connectivity index (χ0v) is 10.3. The average molecular weight is 210 g/mol. The average Bonchev–Trinajstić information content (AvgIpc) is 3.02. The summed E-state index contributed by atoms with van der Waals surface area (Å²) in [5.41, 5.74) is 0. The summed E-state index contributed by atoms with van der Waals surface area (Å²) in [4.78, 5) is 2.71. The Bertz CT molecular complexity index is 189. The lowest BCUT2D eigenvalue weighted by Crippen LogP contribution is -2.41. The summed E-state index contributed by atoms with van der Waals surface area (Å²) < 4.78 is 0. The molecule has 1 N–H and O–H groups in total. The molecule has 2 rings (SSSR count). The van der Waals surface area contributed by atoms with Crippen LogP contribution >= 0.6 is 0 Å². The highest BCUT2D eigenvalue weighted by Gasteiger charge is 2.27. The van der Waals surface area contributed by atoms with E-state index in [-0.39, 0.29) is 0 Å². The van der Waals surface area contributed by atoms with Gasteiger partial charge in [0.05, 0.1) is 0 Å². The topological polar surface area (TPSA) is 15.3 Å². The van der Waals surface area contributed by atoms with Gasteiger partial charge in [0, 0.05) is 18.6 Å². The Kier molecular flexibility index (Phi) is 4.04. The fourth-order valence-electron chi connectivity index (χ4n) is 2.69. The second kappa shape index (κ2) is 5.31. The zero-order valence-electron chi connectivity index (χ0n) is 10.3. The lowest BCUT2D eigenvalue weighted by molar-refractivity contribution is 0.189. The van der Waals surface area contributed by atoms with Crippen LogP contribution in [0.3, 0.4) is 0 Å². The van der Waals surface area contributed by atoms with Gasteiger partial charge in [0.1, 0.15) is 0 Å². The molecule has 1 saturated heterocycles. The molecule has 15 heavy (non-hydrogen) atoms. The molecule has 0 aromatic rings. The van der Waals surface area contributed by atoms with Gasteiger partial charge in [-0.2, -0.15) is 0 Å². The Labute approximate surface area is 94.4 Å². The molecule has 2 unspecified atom stereocenters. The molecule has 0 spiro atoms. The van der Waals surface area contributed by atoms with Crippen molar-refractivity contribution in [3.05, 3.63) is 0 Å². The molecule has 1 heterocycles. The SMILES string of the molecule is CCC1CN(C(C)CC2CC2)CCCN1. The van der Waals surface area contributed by atoms with Crippen molar-refractivity contribution in [2.24, 2.45) is 5.92 Å². The molecule has 2 fully saturated rings. The Hall–Kier alpha value is -0.0800. The van der Waals surface area contributed by atoms with Gasteiger partial charge in [-0.15, -0.1) is 0 Å². The Morgan fingerprint density at radius 2 is 2.20 bits per heavy atom. The molecule has 2 atom stereocenters. The van der Waals surface area contributed by atoms with Gasteiger partial charge in [-0.1, -0.05) is 19.8 Å². The molecule has 1 saturated carbocycles. The van der Waals surface area contributed by atoms with Crippen LogP contribution in [0.2, 0.25) is 0 Å². The third kappa shape index (κ3) is 3.46. The summed E-state index contributed by atoms with van der Waals surface area (Å²) in [6.07, 6.45) is 7.02. The predicted octanol–water partition coefficient (Wildman–Crippen LogP) is 2.25. The summed E-state index contributed by atoms with van der Waals surface area (Å²) in [7, 11) is 0. The van der Waals surface area contributed by atoms with Crippen molar-refractivity contribution < 1.29 is 0 Å².